The zero-order valence-corrected chi connectivity index (χ0v) is 10.7. The van der Waals surface area contributed by atoms with Gasteiger partial charge in [-0.3, -0.25) is 0 Å². The molecule has 1 aliphatic rings. The van der Waals surface area contributed by atoms with Crippen LogP contribution in [0.25, 0.3) is 0 Å². The summed E-state index contributed by atoms with van der Waals surface area (Å²) in [5.74, 6) is 1.66. The molecule has 0 spiro atoms. The van der Waals surface area contributed by atoms with E-state index in [1.165, 1.54) is 25.7 Å². The molecular formula is C14H20N4. The molecule has 3 rings (SSSR count). The predicted octanol–water partition coefficient (Wildman–Crippen LogP) is 2.59. The van der Waals surface area contributed by atoms with Crippen molar-refractivity contribution in [3.63, 3.8) is 0 Å². The minimum atomic E-state index is 0.832. The summed E-state index contributed by atoms with van der Waals surface area (Å²) in [5.41, 5.74) is 0. The van der Waals surface area contributed by atoms with Crippen LogP contribution in [0.3, 0.4) is 0 Å². The molecule has 2 aromatic heterocycles. The van der Waals surface area contributed by atoms with Gasteiger partial charge in [0, 0.05) is 37.9 Å². The van der Waals surface area contributed by atoms with Crippen molar-refractivity contribution >= 4 is 0 Å². The first-order valence-electron chi connectivity index (χ1n) is 6.81. The maximum Gasteiger partial charge on any atom is 0.0945 e. The van der Waals surface area contributed by atoms with E-state index in [0.29, 0.717) is 0 Å². The van der Waals surface area contributed by atoms with E-state index in [2.05, 4.69) is 31.5 Å². The molecule has 0 N–H and O–H groups in total. The Morgan fingerprint density at radius 1 is 0.778 bits per heavy atom. The van der Waals surface area contributed by atoms with Crippen molar-refractivity contribution in [2.45, 2.75) is 38.8 Å². The minimum absolute atomic E-state index is 0.832. The van der Waals surface area contributed by atoms with Gasteiger partial charge in [-0.05, 0) is 37.5 Å². The van der Waals surface area contributed by atoms with Crippen LogP contribution in [-0.2, 0) is 13.1 Å². The maximum absolute atomic E-state index is 4.11. The fraction of sp³-hybridized carbons (Fsp3) is 0.571. The average Bonchev–Trinajstić information content (AvgIpc) is 3.05. The lowest BCUT2D eigenvalue weighted by Gasteiger charge is -2.28. The zero-order chi connectivity index (χ0) is 12.2. The van der Waals surface area contributed by atoms with Gasteiger partial charge in [0.25, 0.3) is 0 Å². The van der Waals surface area contributed by atoms with Gasteiger partial charge in [-0.1, -0.05) is 0 Å². The van der Waals surface area contributed by atoms with Crippen molar-refractivity contribution in [2.75, 3.05) is 0 Å². The second-order valence-corrected chi connectivity index (χ2v) is 5.41. The standard InChI is InChI=1S/C14H20N4/c1-2-14(10-18-8-6-16-12-18)4-3-13(1)9-17-7-5-15-11-17/h5-8,11-14H,1-4,9-10H2. The normalized spacial score (nSPS) is 24.2. The third kappa shape index (κ3) is 2.81. The number of aromatic nitrogens is 4. The van der Waals surface area contributed by atoms with Gasteiger partial charge in [-0.25, -0.2) is 9.97 Å². The van der Waals surface area contributed by atoms with Gasteiger partial charge in [-0.2, -0.15) is 0 Å². The molecule has 0 aliphatic heterocycles. The third-order valence-corrected chi connectivity index (χ3v) is 4.02. The average molecular weight is 244 g/mol. The van der Waals surface area contributed by atoms with Crippen molar-refractivity contribution < 1.29 is 0 Å². The Hall–Kier alpha value is -1.58. The number of nitrogens with zero attached hydrogens (tertiary/aromatic N) is 4. The molecule has 18 heavy (non-hydrogen) atoms. The second-order valence-electron chi connectivity index (χ2n) is 5.41. The Kier molecular flexibility index (Phi) is 3.44. The molecule has 0 bridgehead atoms. The minimum Gasteiger partial charge on any atom is -0.337 e. The molecule has 1 saturated carbocycles. The number of hydrogen-bond donors (Lipinski definition) is 0. The van der Waals surface area contributed by atoms with Gasteiger partial charge in [0.1, 0.15) is 0 Å². The fourth-order valence-electron chi connectivity index (χ4n) is 2.98. The van der Waals surface area contributed by atoms with Crippen LogP contribution < -0.4 is 0 Å². The zero-order valence-electron chi connectivity index (χ0n) is 10.7. The number of imidazole rings is 2. The van der Waals surface area contributed by atoms with Crippen LogP contribution in [0.5, 0.6) is 0 Å². The smallest absolute Gasteiger partial charge is 0.0945 e. The first-order valence-corrected chi connectivity index (χ1v) is 6.81. The Bertz CT molecular complexity index is 394. The molecule has 0 radical (unpaired) electrons. The highest BCUT2D eigenvalue weighted by atomic mass is 15.0. The van der Waals surface area contributed by atoms with Crippen LogP contribution in [0.15, 0.2) is 37.4 Å². The van der Waals surface area contributed by atoms with Gasteiger partial charge < -0.3 is 9.13 Å². The summed E-state index contributed by atoms with van der Waals surface area (Å²) < 4.78 is 4.42. The van der Waals surface area contributed by atoms with E-state index in [9.17, 15) is 0 Å². The highest BCUT2D eigenvalue weighted by molar-refractivity contribution is 4.80. The van der Waals surface area contributed by atoms with Crippen LogP contribution in [0.1, 0.15) is 25.7 Å². The lowest BCUT2D eigenvalue weighted by atomic mass is 9.82. The monoisotopic (exact) mass is 244 g/mol. The predicted molar refractivity (Wildman–Crippen MR) is 69.9 cm³/mol. The number of hydrogen-bond acceptors (Lipinski definition) is 2. The van der Waals surface area contributed by atoms with Crippen LogP contribution in [0.4, 0.5) is 0 Å². The van der Waals surface area contributed by atoms with Crippen molar-refractivity contribution in [3.8, 4) is 0 Å². The van der Waals surface area contributed by atoms with Crippen molar-refractivity contribution in [2.24, 2.45) is 11.8 Å². The second kappa shape index (κ2) is 5.38. The molecule has 4 nitrogen and oxygen atoms in total. The van der Waals surface area contributed by atoms with E-state index >= 15 is 0 Å². The van der Waals surface area contributed by atoms with Crippen LogP contribution in [0, 0.1) is 11.8 Å². The molecule has 1 fully saturated rings. The number of rotatable bonds is 4. The quantitative estimate of drug-likeness (QED) is 0.828. The molecule has 1 aliphatic carbocycles. The third-order valence-electron chi connectivity index (χ3n) is 4.02. The molecule has 0 saturated heterocycles. The molecule has 0 aromatic carbocycles. The summed E-state index contributed by atoms with van der Waals surface area (Å²) in [4.78, 5) is 8.21. The van der Waals surface area contributed by atoms with Crippen LogP contribution in [0.2, 0.25) is 0 Å². The van der Waals surface area contributed by atoms with E-state index < -0.39 is 0 Å². The molecule has 0 amide bonds. The summed E-state index contributed by atoms with van der Waals surface area (Å²) >= 11 is 0. The first-order chi connectivity index (χ1) is 8.90. The summed E-state index contributed by atoms with van der Waals surface area (Å²) in [7, 11) is 0. The van der Waals surface area contributed by atoms with Gasteiger partial charge in [0.05, 0.1) is 12.7 Å². The maximum atomic E-state index is 4.11. The summed E-state index contributed by atoms with van der Waals surface area (Å²) in [5, 5.41) is 0. The van der Waals surface area contributed by atoms with Crippen molar-refractivity contribution in [1.82, 2.24) is 19.1 Å². The van der Waals surface area contributed by atoms with Gasteiger partial charge in [-0.15, -0.1) is 0 Å². The van der Waals surface area contributed by atoms with Gasteiger partial charge in [0.15, 0.2) is 0 Å². The topological polar surface area (TPSA) is 35.6 Å². The fourth-order valence-corrected chi connectivity index (χ4v) is 2.98. The molecule has 4 heteroatoms. The Morgan fingerprint density at radius 2 is 1.22 bits per heavy atom. The van der Waals surface area contributed by atoms with Crippen LogP contribution in [-0.4, -0.2) is 19.1 Å². The SMILES string of the molecule is c1cn(CC2CCC(Cn3ccnc3)CC2)cn1. The molecule has 96 valence electrons. The van der Waals surface area contributed by atoms with Gasteiger partial charge in [0.2, 0.25) is 0 Å². The summed E-state index contributed by atoms with van der Waals surface area (Å²) in [6.45, 7) is 2.27. The van der Waals surface area contributed by atoms with Gasteiger partial charge >= 0.3 is 0 Å². The lowest BCUT2D eigenvalue weighted by Crippen LogP contribution is -2.21. The molecule has 0 unspecified atom stereocenters. The van der Waals surface area contributed by atoms with Crippen molar-refractivity contribution in [1.29, 1.82) is 0 Å². The van der Waals surface area contributed by atoms with E-state index in [1.807, 2.05) is 25.0 Å². The van der Waals surface area contributed by atoms with Crippen molar-refractivity contribution in [3.05, 3.63) is 37.4 Å². The largest absolute Gasteiger partial charge is 0.337 e. The highest BCUT2D eigenvalue weighted by Gasteiger charge is 2.21. The van der Waals surface area contributed by atoms with E-state index in [0.717, 1.165) is 24.9 Å². The molecule has 2 heterocycles. The Morgan fingerprint density at radius 3 is 1.56 bits per heavy atom. The molecule has 0 atom stereocenters. The van der Waals surface area contributed by atoms with E-state index in [1.54, 1.807) is 0 Å². The summed E-state index contributed by atoms with van der Waals surface area (Å²) in [6.07, 6.45) is 17.1. The molecular weight excluding hydrogens is 224 g/mol. The lowest BCUT2D eigenvalue weighted by molar-refractivity contribution is 0.233. The Labute approximate surface area is 108 Å². The highest BCUT2D eigenvalue weighted by Crippen LogP contribution is 2.30. The first kappa shape index (κ1) is 11.5. The van der Waals surface area contributed by atoms with E-state index in [-0.39, 0.29) is 0 Å². The van der Waals surface area contributed by atoms with E-state index in [4.69, 9.17) is 0 Å². The van der Waals surface area contributed by atoms with Crippen LogP contribution >= 0.6 is 0 Å². The summed E-state index contributed by atoms with van der Waals surface area (Å²) in [6, 6.07) is 0. The Balaban J connectivity index is 1.46. The molecule has 2 aromatic rings.